The lowest BCUT2D eigenvalue weighted by Gasteiger charge is -2.50. The van der Waals surface area contributed by atoms with Crippen LogP contribution in [-0.2, 0) is 45.1 Å². The number of benzene rings is 1. The van der Waals surface area contributed by atoms with E-state index in [4.69, 9.17) is 35.3 Å². The lowest BCUT2D eigenvalue weighted by molar-refractivity contribution is -0.218. The highest BCUT2D eigenvalue weighted by atomic mass is 32.3. The van der Waals surface area contributed by atoms with Gasteiger partial charge in [0.15, 0.2) is 16.9 Å². The zero-order valence-electron chi connectivity index (χ0n) is 27.5. The maximum Gasteiger partial charge on any atom is 0.418 e. The van der Waals surface area contributed by atoms with Crippen LogP contribution in [0.15, 0.2) is 33.7 Å². The Bertz CT molecular complexity index is 1830. The second kappa shape index (κ2) is 14.1. The van der Waals surface area contributed by atoms with Crippen LogP contribution in [0.25, 0.3) is 0 Å². The van der Waals surface area contributed by atoms with Gasteiger partial charge in [0, 0.05) is 18.1 Å². The van der Waals surface area contributed by atoms with E-state index in [9.17, 15) is 27.9 Å². The normalized spacial score (nSPS) is 24.2. The number of aryl methyl sites for hydroxylation is 1. The standard InChI is InChI=1S/C29H38N8O11S2/c1-28(2)22(25(39)37(28)48-50(42,43)44)35-24(38)21(18-13-49-27(31)34-18)36-47-29(3,26(40)41)20-8-6-14-11-15(5-7-19(14)46-20)23-32-16(9-10-30)17(33-23)12-45-4/h5,7,11,13,16-17,20,22H,6,8-10,12,30H2,1-4H3,(H2,31,34)(H,32,33)(H,35,38)(H,40,41)(H,42,43,44)/b36-21-/t16-,17-,20+,22+,29-/m0/s1. The quantitative estimate of drug-likeness (QED) is 0.0623. The number of carboxylic acids is 1. The summed E-state index contributed by atoms with van der Waals surface area (Å²) >= 11 is 0.966. The number of nitrogen functional groups attached to an aromatic ring is 1. The van der Waals surface area contributed by atoms with E-state index in [2.05, 4.69) is 25.1 Å². The minimum Gasteiger partial charge on any atom is -0.485 e. The number of carboxylic acid groups (broad SMARTS) is 1. The number of carbonyl (C=O) groups is 3. The van der Waals surface area contributed by atoms with Gasteiger partial charge in [0.25, 0.3) is 17.4 Å². The van der Waals surface area contributed by atoms with Crippen molar-refractivity contribution in [3.8, 4) is 5.75 Å². The van der Waals surface area contributed by atoms with Gasteiger partial charge >= 0.3 is 16.4 Å². The van der Waals surface area contributed by atoms with Crippen LogP contribution in [0, 0.1) is 0 Å². The van der Waals surface area contributed by atoms with Gasteiger partial charge in [-0.05, 0) is 70.3 Å². The average Bonchev–Trinajstić information content (AvgIpc) is 3.67. The van der Waals surface area contributed by atoms with E-state index in [1.54, 1.807) is 19.2 Å². The third kappa shape index (κ3) is 7.37. The molecule has 4 heterocycles. The summed E-state index contributed by atoms with van der Waals surface area (Å²) < 4.78 is 47.2. The molecule has 2 aromatic rings. The van der Waals surface area contributed by atoms with Crippen molar-refractivity contribution in [1.29, 1.82) is 0 Å². The largest absolute Gasteiger partial charge is 0.485 e. The number of aliphatic carboxylic acids is 1. The van der Waals surface area contributed by atoms with Gasteiger partial charge in [-0.15, -0.1) is 15.6 Å². The summed E-state index contributed by atoms with van der Waals surface area (Å²) in [7, 11) is -3.41. The Hall–Kier alpha value is -4.41. The molecule has 5 atom stereocenters. The second-order valence-electron chi connectivity index (χ2n) is 12.5. The number of oxime groups is 1. The van der Waals surface area contributed by atoms with Crippen LogP contribution in [0.3, 0.4) is 0 Å². The lowest BCUT2D eigenvalue weighted by atomic mass is 9.84. The van der Waals surface area contributed by atoms with Gasteiger partial charge in [0.1, 0.15) is 23.3 Å². The molecule has 2 amide bonds. The number of aliphatic imine (C=N–C) groups is 1. The Labute approximate surface area is 290 Å². The fourth-order valence-electron chi connectivity index (χ4n) is 5.81. The van der Waals surface area contributed by atoms with Gasteiger partial charge in [0.05, 0.1) is 24.2 Å². The summed E-state index contributed by atoms with van der Waals surface area (Å²) in [5.74, 6) is -2.32. The number of nitrogens with zero attached hydrogens (tertiary/aromatic N) is 4. The van der Waals surface area contributed by atoms with Crippen molar-refractivity contribution in [2.24, 2.45) is 15.9 Å². The summed E-state index contributed by atoms with van der Waals surface area (Å²) in [4.78, 5) is 53.2. The number of aromatic nitrogens is 1. The number of fused-ring (bicyclic) bond motifs is 1. The molecule has 21 heteroatoms. The minimum atomic E-state index is -5.03. The molecule has 1 aromatic carbocycles. The minimum absolute atomic E-state index is 0.0219. The van der Waals surface area contributed by atoms with Crippen molar-refractivity contribution >= 4 is 56.2 Å². The van der Waals surface area contributed by atoms with E-state index >= 15 is 0 Å². The molecule has 0 spiro atoms. The van der Waals surface area contributed by atoms with E-state index in [1.807, 2.05) is 6.07 Å². The van der Waals surface area contributed by atoms with Crippen LogP contribution >= 0.6 is 11.3 Å². The van der Waals surface area contributed by atoms with Gasteiger partial charge < -0.3 is 41.5 Å². The van der Waals surface area contributed by atoms with Crippen molar-refractivity contribution in [1.82, 2.24) is 20.7 Å². The maximum absolute atomic E-state index is 13.5. The topological polar surface area (TPSA) is 280 Å². The first-order chi connectivity index (χ1) is 23.5. The van der Waals surface area contributed by atoms with Crippen LogP contribution in [0.1, 0.15) is 50.4 Å². The molecule has 8 N–H and O–H groups in total. The van der Waals surface area contributed by atoms with Crippen LogP contribution in [0.2, 0.25) is 0 Å². The number of ether oxygens (including phenoxy) is 2. The highest BCUT2D eigenvalue weighted by Crippen LogP contribution is 2.36. The zero-order valence-corrected chi connectivity index (χ0v) is 29.1. The number of thiazole rings is 1. The molecule has 50 heavy (non-hydrogen) atoms. The van der Waals surface area contributed by atoms with E-state index in [0.717, 1.165) is 22.5 Å². The van der Waals surface area contributed by atoms with Gasteiger partial charge in [-0.1, -0.05) is 5.16 Å². The number of carbonyl (C=O) groups excluding carboxylic acids is 2. The molecule has 5 rings (SSSR count). The molecule has 0 radical (unpaired) electrons. The molecular formula is C29H38N8O11S2. The van der Waals surface area contributed by atoms with Crippen molar-refractivity contribution < 1.29 is 51.1 Å². The van der Waals surface area contributed by atoms with E-state index in [-0.39, 0.29) is 29.3 Å². The van der Waals surface area contributed by atoms with Crippen LogP contribution in [0.4, 0.5) is 5.13 Å². The smallest absolute Gasteiger partial charge is 0.418 e. The molecule has 1 saturated heterocycles. The van der Waals surface area contributed by atoms with Gasteiger partial charge in [0.2, 0.25) is 0 Å². The molecule has 1 fully saturated rings. The van der Waals surface area contributed by atoms with Crippen LogP contribution in [-0.4, -0.2) is 113 Å². The number of anilines is 1. The first-order valence-corrected chi connectivity index (χ1v) is 17.6. The molecule has 1 aromatic heterocycles. The van der Waals surface area contributed by atoms with E-state index in [1.165, 1.54) is 26.2 Å². The number of β-lactam (4-membered cyclic amide) rings is 1. The van der Waals surface area contributed by atoms with Crippen molar-refractivity contribution in [3.05, 3.63) is 40.4 Å². The predicted octanol–water partition coefficient (Wildman–Crippen LogP) is -0.395. The predicted molar refractivity (Wildman–Crippen MR) is 178 cm³/mol. The Kier molecular flexibility index (Phi) is 10.4. The summed E-state index contributed by atoms with van der Waals surface area (Å²) in [5.41, 5.74) is 9.03. The molecule has 3 aliphatic rings. The number of rotatable bonds is 14. The lowest BCUT2D eigenvalue weighted by Crippen LogP contribution is -2.76. The highest BCUT2D eigenvalue weighted by Gasteiger charge is 2.58. The van der Waals surface area contributed by atoms with Crippen LogP contribution < -0.4 is 26.8 Å². The molecule has 0 unspecified atom stereocenters. The molecule has 0 bridgehead atoms. The Morgan fingerprint density at radius 1 is 1.34 bits per heavy atom. The Morgan fingerprint density at radius 3 is 2.68 bits per heavy atom. The molecule has 272 valence electrons. The number of hydrogen-bond acceptors (Lipinski definition) is 16. The van der Waals surface area contributed by atoms with Crippen molar-refractivity contribution in [3.63, 3.8) is 0 Å². The molecule has 0 aliphatic carbocycles. The molecular weight excluding hydrogens is 700 g/mol. The second-order valence-corrected chi connectivity index (χ2v) is 14.4. The molecule has 0 saturated carbocycles. The third-order valence-corrected chi connectivity index (χ3v) is 9.65. The number of hydroxylamine groups is 2. The summed E-state index contributed by atoms with van der Waals surface area (Å²) in [6.07, 6.45) is 0.252. The average molecular weight is 739 g/mol. The highest BCUT2D eigenvalue weighted by molar-refractivity contribution is 7.80. The Balaban J connectivity index is 1.35. The van der Waals surface area contributed by atoms with Crippen molar-refractivity contribution in [2.75, 3.05) is 26.0 Å². The summed E-state index contributed by atoms with van der Waals surface area (Å²) in [6.45, 7) is 4.94. The maximum atomic E-state index is 13.5. The van der Waals surface area contributed by atoms with Crippen LogP contribution in [0.5, 0.6) is 5.75 Å². The third-order valence-electron chi connectivity index (χ3n) is 8.64. The van der Waals surface area contributed by atoms with E-state index < -0.39 is 57.2 Å². The number of nitrogens with one attached hydrogen (secondary N) is 2. The van der Waals surface area contributed by atoms with Gasteiger partial charge in [-0.3, -0.25) is 19.1 Å². The number of hydrogen-bond donors (Lipinski definition) is 6. The number of amidine groups is 1. The fourth-order valence-corrected chi connectivity index (χ4v) is 6.81. The van der Waals surface area contributed by atoms with E-state index in [0.29, 0.717) is 42.6 Å². The van der Waals surface area contributed by atoms with Gasteiger partial charge in [-0.2, -0.15) is 13.5 Å². The summed E-state index contributed by atoms with van der Waals surface area (Å²) in [5, 5.41) is 21.8. The number of methoxy groups -OCH3 is 1. The van der Waals surface area contributed by atoms with Gasteiger partial charge in [-0.25, -0.2) is 9.78 Å². The molecule has 19 nitrogen and oxygen atoms in total. The van der Waals surface area contributed by atoms with Crippen molar-refractivity contribution in [2.45, 2.75) is 75.4 Å². The molecule has 3 aliphatic heterocycles. The number of nitrogens with two attached hydrogens (primary N) is 2. The fraction of sp³-hybridized carbons (Fsp3) is 0.517. The Morgan fingerprint density at radius 2 is 2.08 bits per heavy atom. The first-order valence-electron chi connectivity index (χ1n) is 15.3. The first kappa shape index (κ1) is 36.9. The number of amides is 2. The summed E-state index contributed by atoms with van der Waals surface area (Å²) in [6, 6.07) is 4.05. The monoisotopic (exact) mass is 738 g/mol. The zero-order chi connectivity index (χ0) is 36.6. The SMILES string of the molecule is COC[C@@H]1NC(c2ccc3c(c2)CC[C@H]([C@](C)(O/N=C(\C(=O)N[C@@H]2C(=O)N(OS(=O)(=O)O)C2(C)C)c2csc(N)n2)C(=O)O)O3)=N[C@H]1CCN.